The van der Waals surface area contributed by atoms with Gasteiger partial charge >= 0.3 is 0 Å². The average Bonchev–Trinajstić information content (AvgIpc) is 2.66. The lowest BCUT2D eigenvalue weighted by atomic mass is 10.2. The second kappa shape index (κ2) is 8.72. The Hall–Kier alpha value is -2.27. The van der Waals surface area contributed by atoms with E-state index in [1.54, 1.807) is 26.0 Å². The van der Waals surface area contributed by atoms with Gasteiger partial charge in [-0.2, -0.15) is 0 Å². The van der Waals surface area contributed by atoms with E-state index in [-0.39, 0.29) is 0 Å². The molecule has 0 amide bonds. The van der Waals surface area contributed by atoms with Crippen molar-refractivity contribution < 1.29 is 14.2 Å². The summed E-state index contributed by atoms with van der Waals surface area (Å²) < 4.78 is 16.9. The summed E-state index contributed by atoms with van der Waals surface area (Å²) in [5.41, 5.74) is 0.937. The molecule has 0 fully saturated rings. The Morgan fingerprint density at radius 1 is 0.720 bits per heavy atom. The van der Waals surface area contributed by atoms with Crippen molar-refractivity contribution in [3.8, 4) is 11.5 Å². The van der Waals surface area contributed by atoms with Crippen molar-refractivity contribution in [3.63, 3.8) is 0 Å². The van der Waals surface area contributed by atoms with Gasteiger partial charge in [0.2, 0.25) is 0 Å². The maximum absolute atomic E-state index is 5.94. The van der Waals surface area contributed by atoms with Crippen molar-refractivity contribution in [1.82, 2.24) is 0 Å². The summed E-state index contributed by atoms with van der Waals surface area (Å²) in [5, 5.41) is 0. The SMILES string of the molecule is COC(OC)c1cc(Oc2ccccc2)ccc1Sc1ccccc1. The second-order valence-corrected chi connectivity index (χ2v) is 6.45. The smallest absolute Gasteiger partial charge is 0.184 e. The molecular formula is C21H20O3S. The van der Waals surface area contributed by atoms with E-state index in [1.807, 2.05) is 66.7 Å². The Labute approximate surface area is 152 Å². The van der Waals surface area contributed by atoms with Crippen molar-refractivity contribution in [2.45, 2.75) is 16.1 Å². The van der Waals surface area contributed by atoms with Crippen LogP contribution in [0, 0.1) is 0 Å². The van der Waals surface area contributed by atoms with Gasteiger partial charge in [-0.05, 0) is 42.5 Å². The van der Waals surface area contributed by atoms with Crippen molar-refractivity contribution in [1.29, 1.82) is 0 Å². The molecule has 0 heterocycles. The third-order valence-electron chi connectivity index (χ3n) is 3.61. The fourth-order valence-electron chi connectivity index (χ4n) is 2.46. The van der Waals surface area contributed by atoms with Crippen molar-refractivity contribution in [2.75, 3.05) is 14.2 Å². The maximum atomic E-state index is 5.94. The number of para-hydroxylation sites is 1. The molecule has 0 aliphatic heterocycles. The van der Waals surface area contributed by atoms with Gasteiger partial charge in [0.05, 0.1) is 0 Å². The second-order valence-electron chi connectivity index (χ2n) is 5.33. The lowest BCUT2D eigenvalue weighted by Gasteiger charge is -2.19. The minimum atomic E-state index is -0.453. The predicted molar refractivity (Wildman–Crippen MR) is 100 cm³/mol. The van der Waals surface area contributed by atoms with E-state index in [0.29, 0.717) is 0 Å². The molecule has 0 unspecified atom stereocenters. The van der Waals surface area contributed by atoms with Crippen LogP contribution in [0.1, 0.15) is 11.9 Å². The third kappa shape index (κ3) is 4.63. The molecule has 3 nitrogen and oxygen atoms in total. The monoisotopic (exact) mass is 352 g/mol. The van der Waals surface area contributed by atoms with Crippen LogP contribution in [0.2, 0.25) is 0 Å². The van der Waals surface area contributed by atoms with Gasteiger partial charge in [-0.1, -0.05) is 48.2 Å². The van der Waals surface area contributed by atoms with E-state index in [9.17, 15) is 0 Å². The van der Waals surface area contributed by atoms with Crippen molar-refractivity contribution in [2.24, 2.45) is 0 Å². The van der Waals surface area contributed by atoms with Gasteiger partial charge in [-0.15, -0.1) is 0 Å². The molecule has 3 rings (SSSR count). The first kappa shape index (κ1) is 17.5. The van der Waals surface area contributed by atoms with E-state index in [2.05, 4.69) is 12.1 Å². The molecule has 0 bridgehead atoms. The molecule has 0 aromatic heterocycles. The number of hydrogen-bond donors (Lipinski definition) is 0. The molecule has 0 atom stereocenters. The Bertz CT molecular complexity index is 787. The predicted octanol–water partition coefficient (Wildman–Crippen LogP) is 5.92. The zero-order valence-corrected chi connectivity index (χ0v) is 15.0. The summed E-state index contributed by atoms with van der Waals surface area (Å²) in [4.78, 5) is 2.23. The molecule has 0 saturated carbocycles. The Morgan fingerprint density at radius 3 is 2.00 bits per heavy atom. The van der Waals surface area contributed by atoms with Gasteiger partial charge in [0.15, 0.2) is 6.29 Å². The fraction of sp³-hybridized carbons (Fsp3) is 0.143. The molecule has 0 aliphatic carbocycles. The van der Waals surface area contributed by atoms with E-state index in [1.165, 1.54) is 0 Å². The van der Waals surface area contributed by atoms with Gasteiger partial charge in [-0.3, -0.25) is 0 Å². The fourth-order valence-corrected chi connectivity index (χ4v) is 3.41. The molecule has 0 saturated heterocycles. The molecule has 3 aromatic rings. The summed E-state index contributed by atoms with van der Waals surface area (Å²) >= 11 is 1.67. The summed E-state index contributed by atoms with van der Waals surface area (Å²) in [5.74, 6) is 1.54. The van der Waals surface area contributed by atoms with Crippen LogP contribution < -0.4 is 4.74 Å². The standard InChI is InChI=1S/C21H20O3S/c1-22-21(23-2)19-15-17(24-16-9-5-3-6-10-16)13-14-20(19)25-18-11-7-4-8-12-18/h3-15,21H,1-2H3. The van der Waals surface area contributed by atoms with Crippen molar-refractivity contribution in [3.05, 3.63) is 84.4 Å². The van der Waals surface area contributed by atoms with Crippen LogP contribution in [0.25, 0.3) is 0 Å². The Morgan fingerprint density at radius 2 is 1.36 bits per heavy atom. The minimum Gasteiger partial charge on any atom is -0.457 e. The highest BCUT2D eigenvalue weighted by molar-refractivity contribution is 7.99. The number of rotatable bonds is 7. The van der Waals surface area contributed by atoms with Gasteiger partial charge in [0.25, 0.3) is 0 Å². The van der Waals surface area contributed by atoms with Gasteiger partial charge in [0, 0.05) is 29.6 Å². The number of ether oxygens (including phenoxy) is 3. The molecule has 0 aliphatic rings. The van der Waals surface area contributed by atoms with E-state index in [0.717, 1.165) is 26.9 Å². The molecular weight excluding hydrogens is 332 g/mol. The highest BCUT2D eigenvalue weighted by Crippen LogP contribution is 2.37. The van der Waals surface area contributed by atoms with E-state index >= 15 is 0 Å². The molecule has 25 heavy (non-hydrogen) atoms. The molecule has 3 aromatic carbocycles. The zero-order chi connectivity index (χ0) is 17.5. The van der Waals surface area contributed by atoms with Crippen LogP contribution in [0.3, 0.4) is 0 Å². The third-order valence-corrected chi connectivity index (χ3v) is 4.71. The maximum Gasteiger partial charge on any atom is 0.184 e. The van der Waals surface area contributed by atoms with Crippen LogP contribution in [-0.4, -0.2) is 14.2 Å². The van der Waals surface area contributed by atoms with Crippen LogP contribution in [0.4, 0.5) is 0 Å². The Kier molecular flexibility index (Phi) is 6.12. The van der Waals surface area contributed by atoms with Gasteiger partial charge in [-0.25, -0.2) is 0 Å². The molecule has 0 radical (unpaired) electrons. The molecule has 4 heteroatoms. The summed E-state index contributed by atoms with van der Waals surface area (Å²) in [6, 6.07) is 25.9. The number of methoxy groups -OCH3 is 2. The minimum absolute atomic E-state index is 0.453. The van der Waals surface area contributed by atoms with Gasteiger partial charge in [0.1, 0.15) is 11.5 Å². The lowest BCUT2D eigenvalue weighted by Crippen LogP contribution is -2.05. The largest absolute Gasteiger partial charge is 0.457 e. The van der Waals surface area contributed by atoms with Crippen LogP contribution in [-0.2, 0) is 9.47 Å². The summed E-state index contributed by atoms with van der Waals surface area (Å²) in [6.07, 6.45) is -0.453. The Balaban J connectivity index is 1.91. The quantitative estimate of drug-likeness (QED) is 0.493. The first-order valence-corrected chi connectivity index (χ1v) is 8.77. The molecule has 0 N–H and O–H groups in total. The zero-order valence-electron chi connectivity index (χ0n) is 14.2. The van der Waals surface area contributed by atoms with Crippen LogP contribution in [0.5, 0.6) is 11.5 Å². The van der Waals surface area contributed by atoms with Crippen molar-refractivity contribution >= 4 is 11.8 Å². The number of hydrogen-bond acceptors (Lipinski definition) is 4. The van der Waals surface area contributed by atoms with E-state index < -0.39 is 6.29 Å². The topological polar surface area (TPSA) is 27.7 Å². The highest BCUT2D eigenvalue weighted by Gasteiger charge is 2.16. The molecule has 0 spiro atoms. The summed E-state index contributed by atoms with van der Waals surface area (Å²) in [6.45, 7) is 0. The number of benzene rings is 3. The first-order valence-electron chi connectivity index (χ1n) is 7.95. The van der Waals surface area contributed by atoms with Crippen LogP contribution in [0.15, 0.2) is 88.7 Å². The van der Waals surface area contributed by atoms with Crippen LogP contribution >= 0.6 is 11.8 Å². The van der Waals surface area contributed by atoms with E-state index in [4.69, 9.17) is 14.2 Å². The lowest BCUT2D eigenvalue weighted by molar-refractivity contribution is -0.107. The summed E-state index contributed by atoms with van der Waals surface area (Å²) in [7, 11) is 3.27. The average molecular weight is 352 g/mol. The highest BCUT2D eigenvalue weighted by atomic mass is 32.2. The first-order chi connectivity index (χ1) is 12.3. The molecule has 128 valence electrons. The van der Waals surface area contributed by atoms with Gasteiger partial charge < -0.3 is 14.2 Å². The normalized spacial score (nSPS) is 10.8.